The molecule has 0 radical (unpaired) electrons. The van der Waals surface area contributed by atoms with Gasteiger partial charge in [-0.05, 0) is 49.2 Å². The number of nitrogens with zero attached hydrogens (tertiary/aromatic N) is 2. The van der Waals surface area contributed by atoms with E-state index in [1.54, 1.807) is 19.1 Å². The van der Waals surface area contributed by atoms with Gasteiger partial charge in [0, 0.05) is 5.56 Å². The van der Waals surface area contributed by atoms with E-state index in [-0.39, 0.29) is 16.8 Å². The Bertz CT molecular complexity index is 1160. The third-order valence-corrected chi connectivity index (χ3v) is 5.43. The van der Waals surface area contributed by atoms with Crippen molar-refractivity contribution in [1.29, 1.82) is 0 Å². The lowest BCUT2D eigenvalue weighted by molar-refractivity contribution is -0.141. The number of carboxylic acid groups (broad SMARTS) is 1. The Kier molecular flexibility index (Phi) is 5.61. The summed E-state index contributed by atoms with van der Waals surface area (Å²) in [4.78, 5) is 28.4. The number of hydrogen-bond donors (Lipinski definition) is 1. The highest BCUT2D eigenvalue weighted by Gasteiger charge is 2.31. The zero-order chi connectivity index (χ0) is 21.3. The lowest BCUT2D eigenvalue weighted by Crippen LogP contribution is -2.27. The monoisotopic (exact) mass is 422 g/mol. The topological polar surface area (TPSA) is 71.7 Å². The van der Waals surface area contributed by atoms with Crippen molar-refractivity contribution < 1.29 is 27.9 Å². The lowest BCUT2D eigenvalue weighted by Gasteiger charge is -2.13. The van der Waals surface area contributed by atoms with E-state index in [0.29, 0.717) is 5.52 Å². The molecule has 1 atom stereocenters. The van der Waals surface area contributed by atoms with Crippen molar-refractivity contribution in [3.63, 3.8) is 0 Å². The van der Waals surface area contributed by atoms with Gasteiger partial charge >= 0.3 is 12.1 Å². The fraction of sp³-hybridized carbons (Fsp3) is 0.250. The number of carboxylic acids is 1. The number of aryl methyl sites for hydroxylation is 1. The molecular weight excluding hydrogens is 405 g/mol. The standard InChI is InChI=1S/C20H17F3N2O3S/c1-3-14(18(27)28)25-15-9-11(2)7-8-16(15)29-19(25)24-17(26)12-5-4-6-13(10-12)20(21,22)23/h4-10,14H,3H2,1-2H3,(H,27,28). The van der Waals surface area contributed by atoms with Crippen molar-refractivity contribution in [3.8, 4) is 0 Å². The molecule has 1 aromatic heterocycles. The zero-order valence-corrected chi connectivity index (χ0v) is 16.3. The fourth-order valence-corrected chi connectivity index (χ4v) is 4.03. The first-order valence-electron chi connectivity index (χ1n) is 8.72. The maximum Gasteiger partial charge on any atom is 0.416 e. The highest BCUT2D eigenvalue weighted by Crippen LogP contribution is 2.30. The third kappa shape index (κ3) is 4.24. The van der Waals surface area contributed by atoms with Gasteiger partial charge in [-0.2, -0.15) is 18.2 Å². The Labute approximate surface area is 167 Å². The van der Waals surface area contributed by atoms with E-state index >= 15 is 0 Å². The lowest BCUT2D eigenvalue weighted by atomic mass is 10.1. The summed E-state index contributed by atoms with van der Waals surface area (Å²) in [6, 6.07) is 8.48. The van der Waals surface area contributed by atoms with Crippen LogP contribution in [0.4, 0.5) is 13.2 Å². The van der Waals surface area contributed by atoms with Crippen LogP contribution in [0.1, 0.15) is 40.9 Å². The molecule has 29 heavy (non-hydrogen) atoms. The Morgan fingerprint density at radius 2 is 1.93 bits per heavy atom. The number of rotatable bonds is 4. The van der Waals surface area contributed by atoms with Crippen molar-refractivity contribution in [2.75, 3.05) is 0 Å². The molecule has 1 amide bonds. The molecular formula is C20H17F3N2O3S. The summed E-state index contributed by atoms with van der Waals surface area (Å²) in [6.07, 6.45) is -4.33. The number of alkyl halides is 3. The van der Waals surface area contributed by atoms with Crippen molar-refractivity contribution in [2.45, 2.75) is 32.5 Å². The first kappa shape index (κ1) is 20.8. The molecule has 1 unspecified atom stereocenters. The van der Waals surface area contributed by atoms with Gasteiger partial charge in [0.2, 0.25) is 0 Å². The van der Waals surface area contributed by atoms with Gasteiger partial charge in [-0.1, -0.05) is 30.4 Å². The second-order valence-electron chi connectivity index (χ2n) is 6.48. The van der Waals surface area contributed by atoms with Crippen molar-refractivity contribution in [1.82, 2.24) is 4.57 Å². The average Bonchev–Trinajstić information content (AvgIpc) is 2.99. The molecule has 9 heteroatoms. The second-order valence-corrected chi connectivity index (χ2v) is 7.49. The predicted molar refractivity (Wildman–Crippen MR) is 103 cm³/mol. The molecule has 0 aliphatic heterocycles. The van der Waals surface area contributed by atoms with Gasteiger partial charge in [-0.15, -0.1) is 0 Å². The summed E-state index contributed by atoms with van der Waals surface area (Å²) in [5, 5.41) is 9.61. The van der Waals surface area contributed by atoms with Crippen LogP contribution in [0.25, 0.3) is 10.2 Å². The second kappa shape index (κ2) is 7.82. The Hall–Kier alpha value is -2.94. The van der Waals surface area contributed by atoms with Crippen molar-refractivity contribution in [3.05, 3.63) is 64.0 Å². The molecule has 152 valence electrons. The van der Waals surface area contributed by atoms with E-state index in [4.69, 9.17) is 0 Å². The minimum atomic E-state index is -4.58. The molecule has 0 saturated carbocycles. The summed E-state index contributed by atoms with van der Waals surface area (Å²) in [6.45, 7) is 3.55. The molecule has 0 bridgehead atoms. The van der Waals surface area contributed by atoms with Gasteiger partial charge in [0.15, 0.2) is 4.80 Å². The molecule has 0 aliphatic rings. The summed E-state index contributed by atoms with van der Waals surface area (Å²) >= 11 is 1.12. The van der Waals surface area contributed by atoms with Crippen LogP contribution in [0.15, 0.2) is 47.5 Å². The van der Waals surface area contributed by atoms with Crippen LogP contribution >= 0.6 is 11.3 Å². The SMILES string of the molecule is CCC(C(=O)O)n1c(=NC(=O)c2cccc(C(F)(F)F)c2)sc2ccc(C)cc21. The summed E-state index contributed by atoms with van der Waals surface area (Å²) in [7, 11) is 0. The maximum absolute atomic E-state index is 12.9. The first-order valence-corrected chi connectivity index (χ1v) is 9.54. The van der Waals surface area contributed by atoms with E-state index in [2.05, 4.69) is 4.99 Å². The van der Waals surface area contributed by atoms with E-state index in [9.17, 15) is 27.9 Å². The van der Waals surface area contributed by atoms with Gasteiger partial charge in [-0.3, -0.25) is 4.79 Å². The molecule has 1 heterocycles. The van der Waals surface area contributed by atoms with Crippen LogP contribution in [-0.4, -0.2) is 21.6 Å². The number of aliphatic carboxylic acids is 1. The summed E-state index contributed by atoms with van der Waals surface area (Å²) in [5.41, 5.74) is 0.346. The molecule has 3 rings (SSSR count). The molecule has 0 fully saturated rings. The van der Waals surface area contributed by atoms with E-state index < -0.39 is 29.7 Å². The van der Waals surface area contributed by atoms with E-state index in [0.717, 1.165) is 39.8 Å². The van der Waals surface area contributed by atoms with Crippen molar-refractivity contribution >= 4 is 33.4 Å². The summed E-state index contributed by atoms with van der Waals surface area (Å²) in [5.74, 6) is -1.95. The number of carbonyl (C=O) groups excluding carboxylic acids is 1. The van der Waals surface area contributed by atoms with Gasteiger partial charge in [-0.25, -0.2) is 4.79 Å². The molecule has 5 nitrogen and oxygen atoms in total. The van der Waals surface area contributed by atoms with Crippen LogP contribution in [0.3, 0.4) is 0 Å². The Morgan fingerprint density at radius 3 is 2.55 bits per heavy atom. The highest BCUT2D eigenvalue weighted by atomic mass is 32.1. The van der Waals surface area contributed by atoms with Crippen LogP contribution in [0.5, 0.6) is 0 Å². The molecule has 0 spiro atoms. The number of benzene rings is 2. The minimum absolute atomic E-state index is 0.127. The third-order valence-electron chi connectivity index (χ3n) is 4.40. The average molecular weight is 422 g/mol. The number of halogens is 3. The highest BCUT2D eigenvalue weighted by molar-refractivity contribution is 7.16. The first-order chi connectivity index (χ1) is 13.6. The van der Waals surface area contributed by atoms with Crippen molar-refractivity contribution in [2.24, 2.45) is 4.99 Å². The fourth-order valence-electron chi connectivity index (χ4n) is 2.98. The molecule has 3 aromatic rings. The zero-order valence-electron chi connectivity index (χ0n) is 15.5. The number of amides is 1. The summed E-state index contributed by atoms with van der Waals surface area (Å²) < 4.78 is 41.0. The quantitative estimate of drug-likeness (QED) is 0.656. The van der Waals surface area contributed by atoms with Gasteiger partial charge < -0.3 is 9.67 Å². The van der Waals surface area contributed by atoms with Crippen LogP contribution in [0.2, 0.25) is 0 Å². The normalized spacial score (nSPS) is 13.6. The van der Waals surface area contributed by atoms with Gasteiger partial charge in [0.1, 0.15) is 6.04 Å². The van der Waals surface area contributed by atoms with Gasteiger partial charge in [0.25, 0.3) is 5.91 Å². The van der Waals surface area contributed by atoms with Crippen LogP contribution in [-0.2, 0) is 11.0 Å². The predicted octanol–water partition coefficient (Wildman–Crippen LogP) is 4.81. The number of hydrogen-bond acceptors (Lipinski definition) is 3. The number of aromatic nitrogens is 1. The number of thiazole rings is 1. The van der Waals surface area contributed by atoms with E-state index in [1.165, 1.54) is 10.6 Å². The maximum atomic E-state index is 12.9. The van der Waals surface area contributed by atoms with Crippen LogP contribution in [0, 0.1) is 6.92 Å². The molecule has 1 N–H and O–H groups in total. The minimum Gasteiger partial charge on any atom is -0.480 e. The Balaban J connectivity index is 2.20. The molecule has 0 saturated heterocycles. The van der Waals surface area contributed by atoms with Gasteiger partial charge in [0.05, 0.1) is 15.8 Å². The number of fused-ring (bicyclic) bond motifs is 1. The van der Waals surface area contributed by atoms with Crippen LogP contribution < -0.4 is 4.80 Å². The largest absolute Gasteiger partial charge is 0.480 e. The van der Waals surface area contributed by atoms with E-state index in [1.807, 2.05) is 13.0 Å². The Morgan fingerprint density at radius 1 is 1.21 bits per heavy atom. The molecule has 0 aliphatic carbocycles. The smallest absolute Gasteiger partial charge is 0.416 e. The number of carbonyl (C=O) groups is 2. The molecule has 2 aromatic carbocycles.